The molecule has 138 valence electrons. The molecule has 1 aromatic heterocycles. The molecule has 27 heavy (non-hydrogen) atoms. The number of hydrogen-bond acceptors (Lipinski definition) is 3. The van der Waals surface area contributed by atoms with E-state index in [1.165, 1.54) is 16.5 Å². The summed E-state index contributed by atoms with van der Waals surface area (Å²) in [5, 5.41) is 0.563. The van der Waals surface area contributed by atoms with Crippen LogP contribution < -0.4 is 5.56 Å². The molecule has 3 aromatic rings. The Morgan fingerprint density at radius 1 is 1.07 bits per heavy atom. The average molecular weight is 361 g/mol. The largest absolute Gasteiger partial charge is 0.341 e. The molecule has 0 unspecified atom stereocenters. The van der Waals surface area contributed by atoms with Crippen LogP contribution in [0.4, 0.5) is 0 Å². The van der Waals surface area contributed by atoms with Crippen molar-refractivity contribution in [3.63, 3.8) is 0 Å². The lowest BCUT2D eigenvalue weighted by molar-refractivity contribution is -0.132. The highest BCUT2D eigenvalue weighted by Crippen LogP contribution is 2.27. The first-order valence-corrected chi connectivity index (χ1v) is 9.41. The molecule has 0 aliphatic carbocycles. The lowest BCUT2D eigenvalue weighted by Crippen LogP contribution is -2.41. The first-order valence-electron chi connectivity index (χ1n) is 9.41. The van der Waals surface area contributed by atoms with Gasteiger partial charge in [0.25, 0.3) is 5.56 Å². The van der Waals surface area contributed by atoms with Crippen LogP contribution in [0.1, 0.15) is 29.9 Å². The Balaban J connectivity index is 1.45. The van der Waals surface area contributed by atoms with Crippen LogP contribution in [0.15, 0.2) is 59.7 Å². The van der Waals surface area contributed by atoms with Gasteiger partial charge in [-0.1, -0.05) is 42.5 Å². The van der Waals surface area contributed by atoms with Crippen LogP contribution in [-0.4, -0.2) is 33.4 Å². The average Bonchev–Trinajstić information content (AvgIpc) is 2.71. The summed E-state index contributed by atoms with van der Waals surface area (Å²) in [4.78, 5) is 31.6. The van der Waals surface area contributed by atoms with Crippen molar-refractivity contribution in [1.29, 1.82) is 0 Å². The zero-order valence-corrected chi connectivity index (χ0v) is 15.5. The fourth-order valence-electron chi connectivity index (χ4n) is 3.88. The Morgan fingerprint density at radius 2 is 1.81 bits per heavy atom. The maximum Gasteiger partial charge on any atom is 0.261 e. The fraction of sp³-hybridized carbons (Fsp3) is 0.318. The molecule has 2 heterocycles. The van der Waals surface area contributed by atoms with Gasteiger partial charge >= 0.3 is 0 Å². The number of carbonyl (C=O) groups is 1. The van der Waals surface area contributed by atoms with Gasteiger partial charge in [-0.15, -0.1) is 0 Å². The summed E-state index contributed by atoms with van der Waals surface area (Å²) in [6.45, 7) is 3.44. The molecule has 1 aliphatic rings. The molecule has 0 N–H and O–H groups in total. The smallest absolute Gasteiger partial charge is 0.261 e. The van der Waals surface area contributed by atoms with E-state index in [2.05, 4.69) is 29.2 Å². The van der Waals surface area contributed by atoms with E-state index in [0.29, 0.717) is 16.8 Å². The third-order valence-corrected chi connectivity index (χ3v) is 5.48. The molecule has 1 amide bonds. The number of rotatable bonds is 3. The number of para-hydroxylation sites is 1. The quantitative estimate of drug-likeness (QED) is 0.720. The highest BCUT2D eigenvalue weighted by molar-refractivity contribution is 5.81. The fourth-order valence-corrected chi connectivity index (χ4v) is 3.88. The summed E-state index contributed by atoms with van der Waals surface area (Å²) in [5.74, 6) is 0.487. The summed E-state index contributed by atoms with van der Waals surface area (Å²) in [7, 11) is 0. The number of aromatic nitrogens is 2. The van der Waals surface area contributed by atoms with E-state index in [-0.39, 0.29) is 18.0 Å². The number of likely N-dealkylation sites (tertiary alicyclic amines) is 1. The van der Waals surface area contributed by atoms with Gasteiger partial charge in [-0.25, -0.2) is 4.98 Å². The summed E-state index contributed by atoms with van der Waals surface area (Å²) in [6, 6.07) is 16.0. The second-order valence-corrected chi connectivity index (χ2v) is 7.21. The minimum absolute atomic E-state index is 0.0163. The van der Waals surface area contributed by atoms with Gasteiger partial charge in [0.05, 0.1) is 17.2 Å². The monoisotopic (exact) mass is 361 g/mol. The van der Waals surface area contributed by atoms with Crippen LogP contribution in [0, 0.1) is 6.92 Å². The van der Waals surface area contributed by atoms with E-state index in [9.17, 15) is 9.59 Å². The van der Waals surface area contributed by atoms with Crippen molar-refractivity contribution >= 4 is 16.8 Å². The Morgan fingerprint density at radius 3 is 2.56 bits per heavy atom. The number of hydrogen-bond donors (Lipinski definition) is 0. The van der Waals surface area contributed by atoms with Crippen LogP contribution in [0.25, 0.3) is 10.9 Å². The first-order chi connectivity index (χ1) is 13.1. The van der Waals surface area contributed by atoms with Gasteiger partial charge in [-0.05, 0) is 42.9 Å². The van der Waals surface area contributed by atoms with Gasteiger partial charge in [0.1, 0.15) is 6.54 Å². The minimum atomic E-state index is -0.156. The van der Waals surface area contributed by atoms with Crippen LogP contribution >= 0.6 is 0 Å². The number of fused-ring (bicyclic) bond motifs is 1. The Bertz CT molecular complexity index is 1020. The summed E-state index contributed by atoms with van der Waals surface area (Å²) in [5.41, 5.74) is 2.85. The molecule has 1 fully saturated rings. The van der Waals surface area contributed by atoms with Gasteiger partial charge in [-0.2, -0.15) is 0 Å². The summed E-state index contributed by atoms with van der Waals surface area (Å²) in [6.07, 6.45) is 3.41. The molecule has 2 aromatic carbocycles. The topological polar surface area (TPSA) is 55.2 Å². The van der Waals surface area contributed by atoms with Crippen LogP contribution in [-0.2, 0) is 11.3 Å². The molecule has 1 saturated heterocycles. The third kappa shape index (κ3) is 3.50. The number of nitrogens with zero attached hydrogens (tertiary/aromatic N) is 3. The van der Waals surface area contributed by atoms with Gasteiger partial charge in [0, 0.05) is 13.1 Å². The lowest BCUT2D eigenvalue weighted by atomic mass is 9.89. The van der Waals surface area contributed by atoms with E-state index in [1.54, 1.807) is 6.07 Å². The zero-order chi connectivity index (χ0) is 18.8. The number of amides is 1. The van der Waals surface area contributed by atoms with Crippen LogP contribution in [0.3, 0.4) is 0 Å². The van der Waals surface area contributed by atoms with Crippen molar-refractivity contribution in [2.24, 2.45) is 0 Å². The van der Waals surface area contributed by atoms with Gasteiger partial charge in [-0.3, -0.25) is 14.2 Å². The lowest BCUT2D eigenvalue weighted by Gasteiger charge is -2.32. The van der Waals surface area contributed by atoms with Crippen molar-refractivity contribution in [3.05, 3.63) is 76.3 Å². The van der Waals surface area contributed by atoms with Crippen molar-refractivity contribution in [1.82, 2.24) is 14.5 Å². The first kappa shape index (κ1) is 17.5. The molecule has 4 rings (SSSR count). The van der Waals surface area contributed by atoms with E-state index in [4.69, 9.17) is 0 Å². The van der Waals surface area contributed by atoms with E-state index < -0.39 is 0 Å². The second-order valence-electron chi connectivity index (χ2n) is 7.21. The molecule has 0 atom stereocenters. The molecular formula is C22H23N3O2. The van der Waals surface area contributed by atoms with E-state index in [0.717, 1.165) is 31.5 Å². The molecule has 0 bridgehead atoms. The zero-order valence-electron chi connectivity index (χ0n) is 15.5. The predicted octanol–water partition coefficient (Wildman–Crippen LogP) is 3.11. The van der Waals surface area contributed by atoms with Gasteiger partial charge in [0.15, 0.2) is 0 Å². The highest BCUT2D eigenvalue weighted by atomic mass is 16.2. The Kier molecular flexibility index (Phi) is 4.75. The van der Waals surface area contributed by atoms with Crippen molar-refractivity contribution < 1.29 is 4.79 Å². The maximum absolute atomic E-state index is 12.7. The summed E-state index contributed by atoms with van der Waals surface area (Å²) >= 11 is 0. The molecular weight excluding hydrogens is 338 g/mol. The molecule has 0 radical (unpaired) electrons. The summed E-state index contributed by atoms with van der Waals surface area (Å²) < 4.78 is 1.42. The second kappa shape index (κ2) is 7.35. The van der Waals surface area contributed by atoms with Crippen molar-refractivity contribution in [2.45, 2.75) is 32.2 Å². The molecule has 0 spiro atoms. The normalized spacial score (nSPS) is 15.2. The molecule has 5 nitrogen and oxygen atoms in total. The Labute approximate surface area is 158 Å². The number of aryl methyl sites for hydroxylation is 1. The highest BCUT2D eigenvalue weighted by Gasteiger charge is 2.24. The molecule has 1 aliphatic heterocycles. The van der Waals surface area contributed by atoms with Crippen LogP contribution in [0.5, 0.6) is 0 Å². The minimum Gasteiger partial charge on any atom is -0.341 e. The number of piperidine rings is 1. The van der Waals surface area contributed by atoms with Crippen molar-refractivity contribution in [2.75, 3.05) is 13.1 Å². The molecule has 0 saturated carbocycles. The maximum atomic E-state index is 12.7. The van der Waals surface area contributed by atoms with Crippen molar-refractivity contribution in [3.8, 4) is 0 Å². The standard InChI is InChI=1S/C22H23N3O2/c1-16-6-5-9-19-21(16)23-15-25(22(19)27)14-20(26)24-12-10-18(11-13-24)17-7-3-2-4-8-17/h2-9,15,18H,10-14H2,1H3. The predicted molar refractivity (Wildman–Crippen MR) is 106 cm³/mol. The van der Waals surface area contributed by atoms with E-state index >= 15 is 0 Å². The van der Waals surface area contributed by atoms with Crippen LogP contribution in [0.2, 0.25) is 0 Å². The SMILES string of the molecule is Cc1cccc2c(=O)n(CC(=O)N3CCC(c4ccccc4)CC3)cnc12. The Hall–Kier alpha value is -2.95. The van der Waals surface area contributed by atoms with E-state index in [1.807, 2.05) is 30.0 Å². The third-order valence-electron chi connectivity index (χ3n) is 5.48. The molecule has 5 heteroatoms. The van der Waals surface area contributed by atoms with Gasteiger partial charge < -0.3 is 4.90 Å². The number of carbonyl (C=O) groups excluding carboxylic acids is 1. The number of benzene rings is 2. The van der Waals surface area contributed by atoms with Gasteiger partial charge in [0.2, 0.25) is 5.91 Å².